The van der Waals surface area contributed by atoms with Gasteiger partial charge in [0.15, 0.2) is 0 Å². The molecule has 0 N–H and O–H groups in total. The van der Waals surface area contributed by atoms with Crippen molar-refractivity contribution in [3.63, 3.8) is 0 Å². The molecule has 0 saturated heterocycles. The molecule has 27 heavy (non-hydrogen) atoms. The summed E-state index contributed by atoms with van der Waals surface area (Å²) < 4.78 is 43.0. The number of nitriles is 1. The maximum atomic E-state index is 13.4. The molecule has 1 heterocycles. The Hall–Kier alpha value is -1.99. The summed E-state index contributed by atoms with van der Waals surface area (Å²) in [5.41, 5.74) is 1.22. The van der Waals surface area contributed by atoms with Gasteiger partial charge in [0.2, 0.25) is 0 Å². The number of halogens is 3. The minimum atomic E-state index is -4.50. The van der Waals surface area contributed by atoms with E-state index in [1.165, 1.54) is 17.7 Å². The van der Waals surface area contributed by atoms with Crippen LogP contribution in [0.2, 0.25) is 9.91 Å². The monoisotopic (exact) mass is 435 g/mol. The normalized spacial score (nSPS) is 18.7. The molecule has 1 aliphatic rings. The number of alkyl halides is 3. The number of hydrogen-bond acceptors (Lipinski definition) is 2. The van der Waals surface area contributed by atoms with Crippen LogP contribution in [0.5, 0.6) is 0 Å². The third kappa shape index (κ3) is 4.14. The molecule has 0 spiro atoms. The van der Waals surface area contributed by atoms with E-state index >= 15 is 0 Å². The van der Waals surface area contributed by atoms with Gasteiger partial charge in [0.25, 0.3) is 0 Å². The average molecular weight is 435 g/mol. The van der Waals surface area contributed by atoms with Crippen LogP contribution in [-0.4, -0.2) is 24.4 Å². The minimum absolute atomic E-state index is 0.300. The van der Waals surface area contributed by atoms with Crippen molar-refractivity contribution in [2.75, 3.05) is 0 Å². The van der Waals surface area contributed by atoms with Crippen LogP contribution in [0.25, 0.3) is 5.57 Å². The molecule has 142 valence electrons. The summed E-state index contributed by atoms with van der Waals surface area (Å²) in [4.78, 5) is 0. The van der Waals surface area contributed by atoms with Crippen LogP contribution in [0, 0.1) is 11.3 Å². The van der Waals surface area contributed by atoms with E-state index in [0.717, 1.165) is 34.5 Å². The summed E-state index contributed by atoms with van der Waals surface area (Å²) >= 11 is -1.74. The standard InChI is InChI=1S/C20H21AsF3N3/c1-3-21(17-8-7-15(13-25)18(12-17)20(22,23)24)16-6-4-5-14(11-16)19-9-10-26-27(19)2/h7-12,16H,3-6H2,1-2H3. The number of allylic oxidation sites excluding steroid dienone is 2. The van der Waals surface area contributed by atoms with Crippen molar-refractivity contribution < 1.29 is 13.2 Å². The van der Waals surface area contributed by atoms with Crippen LogP contribution >= 0.6 is 0 Å². The molecule has 1 aromatic carbocycles. The molecule has 7 heteroatoms. The third-order valence-electron chi connectivity index (χ3n) is 4.99. The molecule has 0 fully saturated rings. The van der Waals surface area contributed by atoms with E-state index in [2.05, 4.69) is 18.1 Å². The number of aryl methyl sites for hydroxylation is 1. The second-order valence-corrected chi connectivity index (χ2v) is 12.4. The average Bonchev–Trinajstić information content (AvgIpc) is 3.08. The van der Waals surface area contributed by atoms with E-state index in [1.54, 1.807) is 18.3 Å². The zero-order valence-electron chi connectivity index (χ0n) is 15.3. The second-order valence-electron chi connectivity index (χ2n) is 6.62. The molecule has 0 radical (unpaired) electrons. The molecule has 1 aromatic heterocycles. The second kappa shape index (κ2) is 7.94. The first kappa shape index (κ1) is 19.8. The predicted octanol–water partition coefficient (Wildman–Crippen LogP) is 4.67. The Morgan fingerprint density at radius 3 is 2.70 bits per heavy atom. The summed E-state index contributed by atoms with van der Waals surface area (Å²) in [6.45, 7) is 2.07. The molecule has 0 amide bonds. The molecule has 0 bridgehead atoms. The van der Waals surface area contributed by atoms with E-state index in [-0.39, 0.29) is 5.56 Å². The van der Waals surface area contributed by atoms with Crippen LogP contribution in [0.4, 0.5) is 13.2 Å². The number of aromatic nitrogens is 2. The van der Waals surface area contributed by atoms with Crippen LogP contribution < -0.4 is 4.35 Å². The van der Waals surface area contributed by atoms with Gasteiger partial charge in [0, 0.05) is 0 Å². The number of nitrogens with zero attached hydrogens (tertiary/aromatic N) is 3. The summed E-state index contributed by atoms with van der Waals surface area (Å²) in [7, 11) is 1.91. The number of benzene rings is 1. The van der Waals surface area contributed by atoms with Gasteiger partial charge >= 0.3 is 162 Å². The van der Waals surface area contributed by atoms with E-state index in [1.807, 2.05) is 17.8 Å². The Bertz CT molecular complexity index is 893. The van der Waals surface area contributed by atoms with Gasteiger partial charge < -0.3 is 0 Å². The van der Waals surface area contributed by atoms with Crippen LogP contribution in [0.3, 0.4) is 0 Å². The first-order chi connectivity index (χ1) is 12.8. The van der Waals surface area contributed by atoms with Gasteiger partial charge in [-0.05, 0) is 0 Å². The molecule has 0 saturated carbocycles. The SMILES string of the molecule is CC[As](c1ccc(C#N)c(C(F)(F)F)c1)C1C=C(c2ccnn2C)CCC1. The first-order valence-electron chi connectivity index (χ1n) is 8.92. The van der Waals surface area contributed by atoms with Gasteiger partial charge in [0.1, 0.15) is 0 Å². The Morgan fingerprint density at radius 1 is 1.33 bits per heavy atom. The quantitative estimate of drug-likeness (QED) is 0.655. The summed E-state index contributed by atoms with van der Waals surface area (Å²) in [6.07, 6.45) is 2.56. The molecule has 0 aliphatic heterocycles. The van der Waals surface area contributed by atoms with Gasteiger partial charge in [0.05, 0.1) is 0 Å². The molecular weight excluding hydrogens is 414 g/mol. The van der Waals surface area contributed by atoms with Crippen LogP contribution in [-0.2, 0) is 13.2 Å². The maximum absolute atomic E-state index is 13.4. The fourth-order valence-electron chi connectivity index (χ4n) is 3.70. The molecule has 2 atom stereocenters. The zero-order chi connectivity index (χ0) is 19.6. The topological polar surface area (TPSA) is 41.6 Å². The molecule has 2 unspecified atom stereocenters. The van der Waals surface area contributed by atoms with E-state index in [4.69, 9.17) is 5.26 Å². The first-order valence-corrected chi connectivity index (χ1v) is 12.3. The van der Waals surface area contributed by atoms with Gasteiger partial charge in [-0.2, -0.15) is 0 Å². The van der Waals surface area contributed by atoms with Gasteiger partial charge in [-0.15, -0.1) is 0 Å². The fraction of sp³-hybridized carbons (Fsp3) is 0.400. The van der Waals surface area contributed by atoms with Crippen molar-refractivity contribution in [2.24, 2.45) is 7.05 Å². The molecule has 1 aliphatic carbocycles. The van der Waals surface area contributed by atoms with E-state index in [0.29, 0.717) is 4.71 Å². The third-order valence-corrected chi connectivity index (χ3v) is 10.9. The van der Waals surface area contributed by atoms with Crippen molar-refractivity contribution in [2.45, 2.75) is 42.3 Å². The Morgan fingerprint density at radius 2 is 2.11 bits per heavy atom. The Balaban J connectivity index is 1.98. The molecule has 3 nitrogen and oxygen atoms in total. The molecule has 3 rings (SSSR count). The van der Waals surface area contributed by atoms with Crippen molar-refractivity contribution in [1.82, 2.24) is 9.78 Å². The zero-order valence-corrected chi connectivity index (χ0v) is 17.2. The van der Waals surface area contributed by atoms with Gasteiger partial charge in [-0.3, -0.25) is 0 Å². The van der Waals surface area contributed by atoms with Gasteiger partial charge in [-0.25, -0.2) is 0 Å². The predicted molar refractivity (Wildman–Crippen MR) is 101 cm³/mol. The molecule has 2 aromatic rings. The van der Waals surface area contributed by atoms with E-state index in [9.17, 15) is 13.2 Å². The van der Waals surface area contributed by atoms with E-state index < -0.39 is 26.4 Å². The van der Waals surface area contributed by atoms with Gasteiger partial charge in [-0.1, -0.05) is 0 Å². The van der Waals surface area contributed by atoms with Crippen LogP contribution in [0.1, 0.15) is 43.0 Å². The Labute approximate surface area is 161 Å². The fourth-order valence-corrected chi connectivity index (χ4v) is 9.22. The van der Waals surface area contributed by atoms with Crippen LogP contribution in [0.15, 0.2) is 36.5 Å². The van der Waals surface area contributed by atoms with Crippen molar-refractivity contribution in [3.8, 4) is 6.07 Å². The summed E-state index contributed by atoms with van der Waals surface area (Å²) in [5, 5.41) is 14.1. The summed E-state index contributed by atoms with van der Waals surface area (Å²) in [6, 6.07) is 7.97. The van der Waals surface area contributed by atoms with Crippen molar-refractivity contribution in [3.05, 3.63) is 53.4 Å². The Kier molecular flexibility index (Phi) is 5.81. The van der Waals surface area contributed by atoms with Crippen molar-refractivity contribution in [1.29, 1.82) is 5.26 Å². The van der Waals surface area contributed by atoms with Crippen molar-refractivity contribution >= 4 is 24.6 Å². The summed E-state index contributed by atoms with van der Waals surface area (Å²) in [5.74, 6) is 0. The number of hydrogen-bond donors (Lipinski definition) is 0. The molecular formula is C20H21AsF3N3. The number of rotatable bonds is 4.